The van der Waals surface area contributed by atoms with Crippen molar-refractivity contribution in [2.45, 2.75) is 32.2 Å². The molecule has 0 saturated carbocycles. The lowest BCUT2D eigenvalue weighted by molar-refractivity contribution is 0.137. The lowest BCUT2D eigenvalue weighted by Gasteiger charge is -2.36. The number of benzene rings is 1. The summed E-state index contributed by atoms with van der Waals surface area (Å²) in [5, 5.41) is 12.8. The van der Waals surface area contributed by atoms with E-state index in [1.807, 2.05) is 19.2 Å². The molecular weight excluding hydrogens is 236 g/mol. The number of hydrogen-bond acceptors (Lipinski definition) is 3. The van der Waals surface area contributed by atoms with Gasteiger partial charge in [-0.15, -0.1) is 0 Å². The summed E-state index contributed by atoms with van der Waals surface area (Å²) < 4.78 is 0. The fraction of sp³-hybridized carbons (Fsp3) is 0.625. The lowest BCUT2D eigenvalue weighted by atomic mass is 9.92. The van der Waals surface area contributed by atoms with Crippen LogP contribution in [-0.2, 0) is 0 Å². The molecule has 106 valence electrons. The first-order valence-electron chi connectivity index (χ1n) is 7.38. The molecule has 1 aliphatic rings. The van der Waals surface area contributed by atoms with Gasteiger partial charge < -0.3 is 10.4 Å². The van der Waals surface area contributed by atoms with Gasteiger partial charge in [0.2, 0.25) is 0 Å². The van der Waals surface area contributed by atoms with Crippen LogP contribution in [0, 0.1) is 5.92 Å². The van der Waals surface area contributed by atoms with Crippen molar-refractivity contribution < 1.29 is 5.11 Å². The quantitative estimate of drug-likeness (QED) is 0.856. The van der Waals surface area contributed by atoms with E-state index in [-0.39, 0.29) is 0 Å². The fourth-order valence-corrected chi connectivity index (χ4v) is 2.97. The molecule has 1 aromatic carbocycles. The SMILES string of the molecule is CNCCC1CCN(C(C)c2cccc(O)c2)CC1. The molecule has 0 radical (unpaired) electrons. The van der Waals surface area contributed by atoms with Gasteiger partial charge in [-0.25, -0.2) is 0 Å². The minimum absolute atomic E-state index is 0.369. The third-order valence-electron chi connectivity index (χ3n) is 4.35. The van der Waals surface area contributed by atoms with Crippen LogP contribution in [0.2, 0.25) is 0 Å². The molecule has 1 atom stereocenters. The summed E-state index contributed by atoms with van der Waals surface area (Å²) in [5.74, 6) is 1.24. The first-order valence-corrected chi connectivity index (χ1v) is 7.38. The highest BCUT2D eigenvalue weighted by Gasteiger charge is 2.23. The predicted molar refractivity (Wildman–Crippen MR) is 79.4 cm³/mol. The Balaban J connectivity index is 1.87. The Morgan fingerprint density at radius 1 is 1.37 bits per heavy atom. The van der Waals surface area contributed by atoms with Crippen LogP contribution in [0.3, 0.4) is 0 Å². The number of rotatable bonds is 5. The summed E-state index contributed by atoms with van der Waals surface area (Å²) >= 11 is 0. The largest absolute Gasteiger partial charge is 0.508 e. The molecule has 1 fully saturated rings. The van der Waals surface area contributed by atoms with Crippen LogP contribution in [0.4, 0.5) is 0 Å². The van der Waals surface area contributed by atoms with Gasteiger partial charge in [-0.2, -0.15) is 0 Å². The maximum Gasteiger partial charge on any atom is 0.115 e. The standard InChI is InChI=1S/C16H26N2O/c1-13(15-4-3-5-16(19)12-15)18-10-7-14(8-11-18)6-9-17-2/h3-5,12-14,17,19H,6-11H2,1-2H3. The Bertz CT molecular complexity index is 386. The van der Waals surface area contributed by atoms with E-state index in [0.717, 1.165) is 12.5 Å². The molecule has 2 N–H and O–H groups in total. The molecule has 3 heteroatoms. The number of hydrogen-bond donors (Lipinski definition) is 2. The van der Waals surface area contributed by atoms with Crippen molar-refractivity contribution in [3.8, 4) is 5.75 Å². The zero-order chi connectivity index (χ0) is 13.7. The van der Waals surface area contributed by atoms with E-state index in [2.05, 4.69) is 23.2 Å². The molecule has 0 aliphatic carbocycles. The van der Waals surface area contributed by atoms with Crippen molar-refractivity contribution in [3.63, 3.8) is 0 Å². The van der Waals surface area contributed by atoms with Crippen LogP contribution in [0.25, 0.3) is 0 Å². The molecule has 1 aromatic rings. The lowest BCUT2D eigenvalue weighted by Crippen LogP contribution is -2.36. The van der Waals surface area contributed by atoms with Crippen LogP contribution in [0.1, 0.15) is 37.8 Å². The number of nitrogens with one attached hydrogen (secondary N) is 1. The Morgan fingerprint density at radius 3 is 2.74 bits per heavy atom. The van der Waals surface area contributed by atoms with E-state index in [0.29, 0.717) is 11.8 Å². The second kappa shape index (κ2) is 6.92. The molecule has 1 aliphatic heterocycles. The number of nitrogens with zero attached hydrogens (tertiary/aromatic N) is 1. The average molecular weight is 262 g/mol. The second-order valence-corrected chi connectivity index (χ2v) is 5.64. The summed E-state index contributed by atoms with van der Waals surface area (Å²) in [4.78, 5) is 2.53. The monoisotopic (exact) mass is 262 g/mol. The molecule has 1 heterocycles. The summed E-state index contributed by atoms with van der Waals surface area (Å²) in [5.41, 5.74) is 1.22. The van der Waals surface area contributed by atoms with Crippen LogP contribution < -0.4 is 5.32 Å². The van der Waals surface area contributed by atoms with E-state index in [1.54, 1.807) is 6.07 Å². The molecule has 3 nitrogen and oxygen atoms in total. The van der Waals surface area contributed by atoms with Gasteiger partial charge >= 0.3 is 0 Å². The molecule has 0 amide bonds. The van der Waals surface area contributed by atoms with Gasteiger partial charge in [-0.05, 0) is 76.5 Å². The predicted octanol–water partition coefficient (Wildman–Crippen LogP) is 2.77. The summed E-state index contributed by atoms with van der Waals surface area (Å²) in [6.45, 7) is 5.71. The molecule has 0 bridgehead atoms. The van der Waals surface area contributed by atoms with Crippen LogP contribution in [0.15, 0.2) is 24.3 Å². The van der Waals surface area contributed by atoms with Crippen LogP contribution in [0.5, 0.6) is 5.75 Å². The van der Waals surface area contributed by atoms with Crippen LogP contribution >= 0.6 is 0 Å². The van der Waals surface area contributed by atoms with Gasteiger partial charge in [0.15, 0.2) is 0 Å². The molecule has 2 rings (SSSR count). The summed E-state index contributed by atoms with van der Waals surface area (Å²) in [6.07, 6.45) is 3.89. The average Bonchev–Trinajstić information content (AvgIpc) is 2.45. The Morgan fingerprint density at radius 2 is 2.11 bits per heavy atom. The number of piperidine rings is 1. The van der Waals surface area contributed by atoms with Crippen LogP contribution in [-0.4, -0.2) is 36.7 Å². The Labute approximate surface area is 116 Å². The second-order valence-electron chi connectivity index (χ2n) is 5.64. The van der Waals surface area contributed by atoms with Gasteiger partial charge in [-0.1, -0.05) is 12.1 Å². The molecular formula is C16H26N2O. The van der Waals surface area contributed by atoms with Crippen molar-refractivity contribution in [1.29, 1.82) is 0 Å². The first kappa shape index (κ1) is 14.4. The minimum Gasteiger partial charge on any atom is -0.508 e. The molecule has 19 heavy (non-hydrogen) atoms. The highest BCUT2D eigenvalue weighted by molar-refractivity contribution is 5.29. The molecule has 1 unspecified atom stereocenters. The van der Waals surface area contributed by atoms with E-state index >= 15 is 0 Å². The Kier molecular flexibility index (Phi) is 5.23. The van der Waals surface area contributed by atoms with Gasteiger partial charge in [0.05, 0.1) is 0 Å². The highest BCUT2D eigenvalue weighted by atomic mass is 16.3. The molecule has 0 spiro atoms. The smallest absolute Gasteiger partial charge is 0.115 e. The number of aromatic hydroxyl groups is 1. The maximum absolute atomic E-state index is 9.57. The number of likely N-dealkylation sites (tertiary alicyclic amines) is 1. The van der Waals surface area contributed by atoms with Gasteiger partial charge in [0.1, 0.15) is 5.75 Å². The third-order valence-corrected chi connectivity index (χ3v) is 4.35. The highest BCUT2D eigenvalue weighted by Crippen LogP contribution is 2.28. The normalized spacial score (nSPS) is 19.5. The van der Waals surface area contributed by atoms with E-state index in [9.17, 15) is 5.11 Å². The molecule has 0 aromatic heterocycles. The van der Waals surface area contributed by atoms with E-state index < -0.39 is 0 Å². The van der Waals surface area contributed by atoms with Gasteiger partial charge in [0, 0.05) is 6.04 Å². The van der Waals surface area contributed by atoms with Crippen molar-refractivity contribution in [1.82, 2.24) is 10.2 Å². The first-order chi connectivity index (χ1) is 9.20. The van der Waals surface area contributed by atoms with E-state index in [1.165, 1.54) is 37.9 Å². The summed E-state index contributed by atoms with van der Waals surface area (Å²) in [6, 6.07) is 8.06. The minimum atomic E-state index is 0.369. The zero-order valence-electron chi connectivity index (χ0n) is 12.1. The zero-order valence-corrected chi connectivity index (χ0v) is 12.1. The number of phenolic OH excluding ortho intramolecular Hbond substituents is 1. The van der Waals surface area contributed by atoms with Crippen molar-refractivity contribution in [2.24, 2.45) is 5.92 Å². The summed E-state index contributed by atoms with van der Waals surface area (Å²) in [7, 11) is 2.03. The van der Waals surface area contributed by atoms with Gasteiger partial charge in [-0.3, -0.25) is 4.90 Å². The van der Waals surface area contributed by atoms with Crippen molar-refractivity contribution >= 4 is 0 Å². The van der Waals surface area contributed by atoms with Gasteiger partial charge in [0.25, 0.3) is 0 Å². The topological polar surface area (TPSA) is 35.5 Å². The number of phenols is 1. The van der Waals surface area contributed by atoms with Crippen molar-refractivity contribution in [2.75, 3.05) is 26.7 Å². The van der Waals surface area contributed by atoms with Crippen molar-refractivity contribution in [3.05, 3.63) is 29.8 Å². The Hall–Kier alpha value is -1.06. The van der Waals surface area contributed by atoms with E-state index in [4.69, 9.17) is 0 Å². The third kappa shape index (κ3) is 3.95. The molecule has 1 saturated heterocycles. The fourth-order valence-electron chi connectivity index (χ4n) is 2.97. The maximum atomic E-state index is 9.57.